The fraction of sp³-hybridized carbons (Fsp3) is 0.0667. The summed E-state index contributed by atoms with van der Waals surface area (Å²) in [6.45, 7) is 1.93. The lowest BCUT2D eigenvalue weighted by atomic mass is 10.2. The molecule has 21 heavy (non-hydrogen) atoms. The minimum Gasteiger partial charge on any atom is -0.396 e. The van der Waals surface area contributed by atoms with Crippen LogP contribution in [0.25, 0.3) is 10.2 Å². The minimum absolute atomic E-state index is 0.0214. The normalized spacial score (nSPS) is 10.8. The summed E-state index contributed by atoms with van der Waals surface area (Å²) in [5, 5.41) is 3.71. The van der Waals surface area contributed by atoms with E-state index in [2.05, 4.69) is 10.3 Å². The molecule has 0 bridgehead atoms. The van der Waals surface area contributed by atoms with Gasteiger partial charge in [0.05, 0.1) is 20.9 Å². The highest BCUT2D eigenvalue weighted by Crippen LogP contribution is 2.25. The van der Waals surface area contributed by atoms with E-state index in [1.807, 2.05) is 19.1 Å². The average Bonchev–Trinajstić information content (AvgIpc) is 2.81. The fourth-order valence-electron chi connectivity index (χ4n) is 1.99. The van der Waals surface area contributed by atoms with E-state index >= 15 is 0 Å². The number of thiazole rings is 1. The van der Waals surface area contributed by atoms with Gasteiger partial charge in [0.25, 0.3) is 5.91 Å². The lowest BCUT2D eigenvalue weighted by Crippen LogP contribution is -2.12. The van der Waals surface area contributed by atoms with Crippen molar-refractivity contribution in [3.8, 4) is 0 Å². The molecule has 0 atom stereocenters. The SMILES string of the molecule is Cc1nc2ccc(NC(=O)c3ccc(N)c(F)c3)cc2s1. The number of halogens is 1. The van der Waals surface area contributed by atoms with Crippen molar-refractivity contribution in [1.82, 2.24) is 4.98 Å². The summed E-state index contributed by atoms with van der Waals surface area (Å²) >= 11 is 1.55. The topological polar surface area (TPSA) is 68.0 Å². The Morgan fingerprint density at radius 3 is 2.86 bits per heavy atom. The van der Waals surface area contributed by atoms with Gasteiger partial charge in [0.2, 0.25) is 0 Å². The van der Waals surface area contributed by atoms with Gasteiger partial charge in [-0.25, -0.2) is 9.37 Å². The molecule has 0 fully saturated rings. The van der Waals surface area contributed by atoms with Crippen LogP contribution < -0.4 is 11.1 Å². The van der Waals surface area contributed by atoms with E-state index < -0.39 is 5.82 Å². The number of benzene rings is 2. The van der Waals surface area contributed by atoms with Crippen LogP contribution in [0.5, 0.6) is 0 Å². The summed E-state index contributed by atoms with van der Waals surface area (Å²) in [6.07, 6.45) is 0. The van der Waals surface area contributed by atoms with Gasteiger partial charge in [-0.1, -0.05) is 0 Å². The number of rotatable bonds is 2. The van der Waals surface area contributed by atoms with Crippen LogP contribution in [0.1, 0.15) is 15.4 Å². The van der Waals surface area contributed by atoms with Crippen molar-refractivity contribution in [1.29, 1.82) is 0 Å². The molecule has 3 N–H and O–H groups in total. The second-order valence-electron chi connectivity index (χ2n) is 4.61. The number of carbonyl (C=O) groups excluding carboxylic acids is 1. The molecule has 0 aliphatic carbocycles. The number of hydrogen-bond donors (Lipinski definition) is 2. The number of nitrogens with one attached hydrogen (secondary N) is 1. The highest BCUT2D eigenvalue weighted by molar-refractivity contribution is 7.18. The second-order valence-corrected chi connectivity index (χ2v) is 5.84. The second kappa shape index (κ2) is 5.14. The standard InChI is InChI=1S/C15H12FN3OS/c1-8-18-13-5-3-10(7-14(13)21-8)19-15(20)9-2-4-12(17)11(16)6-9/h2-7H,17H2,1H3,(H,19,20). The molecule has 3 aromatic rings. The largest absolute Gasteiger partial charge is 0.396 e. The first-order valence-electron chi connectivity index (χ1n) is 6.26. The lowest BCUT2D eigenvalue weighted by Gasteiger charge is -2.06. The quantitative estimate of drug-likeness (QED) is 0.711. The fourth-order valence-corrected chi connectivity index (χ4v) is 2.86. The number of nitrogen functional groups attached to an aromatic ring is 1. The van der Waals surface area contributed by atoms with Gasteiger partial charge in [0, 0.05) is 11.3 Å². The van der Waals surface area contributed by atoms with Crippen LogP contribution in [0.2, 0.25) is 0 Å². The van der Waals surface area contributed by atoms with Gasteiger partial charge in [-0.05, 0) is 43.3 Å². The number of aromatic nitrogens is 1. The summed E-state index contributed by atoms with van der Waals surface area (Å²) in [5.74, 6) is -0.981. The van der Waals surface area contributed by atoms with Crippen LogP contribution in [-0.4, -0.2) is 10.9 Å². The van der Waals surface area contributed by atoms with E-state index in [-0.39, 0.29) is 17.2 Å². The van der Waals surface area contributed by atoms with Crippen molar-refractivity contribution in [3.63, 3.8) is 0 Å². The number of amides is 1. The predicted octanol–water partition coefficient (Wildman–Crippen LogP) is 3.58. The first kappa shape index (κ1) is 13.5. The Labute approximate surface area is 124 Å². The number of anilines is 2. The van der Waals surface area contributed by atoms with Gasteiger partial charge in [-0.3, -0.25) is 4.79 Å². The summed E-state index contributed by atoms with van der Waals surface area (Å²) in [4.78, 5) is 16.4. The predicted molar refractivity (Wildman–Crippen MR) is 83.1 cm³/mol. The zero-order valence-electron chi connectivity index (χ0n) is 11.2. The van der Waals surface area contributed by atoms with Crippen molar-refractivity contribution in [2.24, 2.45) is 0 Å². The van der Waals surface area contributed by atoms with Crippen LogP contribution in [0, 0.1) is 12.7 Å². The molecule has 1 heterocycles. The van der Waals surface area contributed by atoms with Gasteiger partial charge < -0.3 is 11.1 Å². The molecule has 3 rings (SSSR count). The Hall–Kier alpha value is -2.47. The van der Waals surface area contributed by atoms with E-state index in [9.17, 15) is 9.18 Å². The van der Waals surface area contributed by atoms with E-state index in [0.717, 1.165) is 21.3 Å². The summed E-state index contributed by atoms with van der Waals surface area (Å²) in [7, 11) is 0. The number of nitrogens with zero attached hydrogens (tertiary/aromatic N) is 1. The van der Waals surface area contributed by atoms with E-state index in [0.29, 0.717) is 5.69 Å². The van der Waals surface area contributed by atoms with Crippen molar-refractivity contribution >= 4 is 38.8 Å². The monoisotopic (exact) mass is 301 g/mol. The Bertz CT molecular complexity index is 844. The van der Waals surface area contributed by atoms with E-state index in [1.165, 1.54) is 12.1 Å². The third-order valence-electron chi connectivity index (χ3n) is 3.02. The van der Waals surface area contributed by atoms with Crippen molar-refractivity contribution in [2.75, 3.05) is 11.1 Å². The lowest BCUT2D eigenvalue weighted by molar-refractivity contribution is 0.102. The maximum atomic E-state index is 13.4. The molecule has 4 nitrogen and oxygen atoms in total. The average molecular weight is 301 g/mol. The molecule has 0 aliphatic heterocycles. The van der Waals surface area contributed by atoms with Crippen LogP contribution in [-0.2, 0) is 0 Å². The molecule has 1 aromatic heterocycles. The zero-order valence-corrected chi connectivity index (χ0v) is 12.0. The van der Waals surface area contributed by atoms with Crippen molar-refractivity contribution < 1.29 is 9.18 Å². The molecule has 0 aliphatic rings. The number of nitrogens with two attached hydrogens (primary N) is 1. The van der Waals surface area contributed by atoms with E-state index in [4.69, 9.17) is 5.73 Å². The number of aryl methyl sites for hydroxylation is 1. The maximum Gasteiger partial charge on any atom is 0.255 e. The summed E-state index contributed by atoms with van der Waals surface area (Å²) < 4.78 is 14.4. The first-order chi connectivity index (χ1) is 10.0. The highest BCUT2D eigenvalue weighted by Gasteiger charge is 2.10. The highest BCUT2D eigenvalue weighted by atomic mass is 32.1. The van der Waals surface area contributed by atoms with E-state index in [1.54, 1.807) is 17.4 Å². The zero-order chi connectivity index (χ0) is 15.0. The molecule has 0 radical (unpaired) electrons. The summed E-state index contributed by atoms with van der Waals surface area (Å²) in [5.41, 5.74) is 7.18. The van der Waals surface area contributed by atoms with Crippen molar-refractivity contribution in [2.45, 2.75) is 6.92 Å². The first-order valence-corrected chi connectivity index (χ1v) is 7.08. The maximum absolute atomic E-state index is 13.4. The van der Waals surface area contributed by atoms with Gasteiger partial charge in [-0.15, -0.1) is 11.3 Å². The molecule has 1 amide bonds. The minimum atomic E-state index is -0.601. The van der Waals surface area contributed by atoms with Gasteiger partial charge in [0.1, 0.15) is 5.82 Å². The third-order valence-corrected chi connectivity index (χ3v) is 3.95. The molecule has 2 aromatic carbocycles. The van der Waals surface area contributed by atoms with Gasteiger partial charge in [-0.2, -0.15) is 0 Å². The van der Waals surface area contributed by atoms with Crippen LogP contribution >= 0.6 is 11.3 Å². The Kier molecular flexibility index (Phi) is 3.31. The molecule has 0 saturated heterocycles. The van der Waals surface area contributed by atoms with Crippen LogP contribution in [0.4, 0.5) is 15.8 Å². The summed E-state index contributed by atoms with van der Waals surface area (Å²) in [6, 6.07) is 9.46. The Morgan fingerprint density at radius 1 is 1.29 bits per heavy atom. The Morgan fingerprint density at radius 2 is 2.10 bits per heavy atom. The smallest absolute Gasteiger partial charge is 0.255 e. The number of carbonyl (C=O) groups is 1. The molecule has 6 heteroatoms. The number of hydrogen-bond acceptors (Lipinski definition) is 4. The number of fused-ring (bicyclic) bond motifs is 1. The molecular formula is C15H12FN3OS. The Balaban J connectivity index is 1.86. The molecule has 106 valence electrons. The van der Waals surface area contributed by atoms with Gasteiger partial charge >= 0.3 is 0 Å². The third kappa shape index (κ3) is 2.71. The molecule has 0 unspecified atom stereocenters. The molecule has 0 saturated carbocycles. The molecule has 0 spiro atoms. The van der Waals surface area contributed by atoms with Crippen LogP contribution in [0.15, 0.2) is 36.4 Å². The van der Waals surface area contributed by atoms with Gasteiger partial charge in [0.15, 0.2) is 0 Å². The molecular weight excluding hydrogens is 289 g/mol. The van der Waals surface area contributed by atoms with Crippen molar-refractivity contribution in [3.05, 3.63) is 52.8 Å². The van der Waals surface area contributed by atoms with Crippen LogP contribution in [0.3, 0.4) is 0 Å².